The zero-order valence-electron chi connectivity index (χ0n) is 19.5. The number of nitrogens with one attached hydrogen (secondary N) is 1. The van der Waals surface area contributed by atoms with Gasteiger partial charge in [-0.2, -0.15) is 5.26 Å². The molecule has 9 heteroatoms. The highest BCUT2D eigenvalue weighted by molar-refractivity contribution is 5.93. The van der Waals surface area contributed by atoms with Crippen LogP contribution in [0.5, 0.6) is 0 Å². The summed E-state index contributed by atoms with van der Waals surface area (Å²) in [5.74, 6) is 0.997. The number of rotatable bonds is 9. The average molecular weight is 443 g/mol. The van der Waals surface area contributed by atoms with Gasteiger partial charge < -0.3 is 24.3 Å². The van der Waals surface area contributed by atoms with Crippen molar-refractivity contribution < 1.29 is 14.3 Å². The average Bonchev–Trinajstić information content (AvgIpc) is 3.32. The molecule has 0 aromatic carbocycles. The number of furan rings is 1. The van der Waals surface area contributed by atoms with E-state index in [1.54, 1.807) is 6.26 Å². The van der Waals surface area contributed by atoms with Gasteiger partial charge in [0.1, 0.15) is 17.6 Å². The van der Waals surface area contributed by atoms with E-state index in [9.17, 15) is 15.2 Å². The number of anilines is 1. The first kappa shape index (κ1) is 24.0. The molecule has 0 saturated carbocycles. The minimum Gasteiger partial charge on any atom is -0.467 e. The van der Waals surface area contributed by atoms with Crippen molar-refractivity contribution in [2.24, 2.45) is 0 Å². The lowest BCUT2D eigenvalue weighted by molar-refractivity contribution is -0.117. The zero-order chi connectivity index (χ0) is 23.3. The van der Waals surface area contributed by atoms with Crippen LogP contribution < -0.4 is 5.32 Å². The quantitative estimate of drug-likeness (QED) is 0.600. The van der Waals surface area contributed by atoms with Crippen molar-refractivity contribution in [3.8, 4) is 6.07 Å². The normalized spacial score (nSPS) is 16.3. The molecule has 1 aliphatic heterocycles. The van der Waals surface area contributed by atoms with E-state index in [2.05, 4.69) is 28.2 Å². The van der Waals surface area contributed by atoms with Crippen molar-refractivity contribution >= 4 is 11.7 Å². The largest absolute Gasteiger partial charge is 0.467 e. The topological polar surface area (TPSA) is 101 Å². The third kappa shape index (κ3) is 5.99. The number of likely N-dealkylation sites (N-methyl/N-ethyl adjacent to an activating group) is 2. The molecular formula is C23H34N6O3. The van der Waals surface area contributed by atoms with Crippen LogP contribution >= 0.6 is 0 Å². The molecule has 3 heterocycles. The molecule has 2 aromatic heterocycles. The molecule has 0 radical (unpaired) electrons. The molecule has 0 aliphatic carbocycles. The lowest BCUT2D eigenvalue weighted by Gasteiger charge is -2.34. The Hall–Kier alpha value is -2.64. The number of carbonyl (C=O) groups is 1. The van der Waals surface area contributed by atoms with Crippen molar-refractivity contribution in [3.05, 3.63) is 41.0 Å². The summed E-state index contributed by atoms with van der Waals surface area (Å²) in [5, 5.41) is 23.0. The van der Waals surface area contributed by atoms with Gasteiger partial charge >= 0.3 is 0 Å². The Morgan fingerprint density at radius 1 is 1.34 bits per heavy atom. The second kappa shape index (κ2) is 10.8. The van der Waals surface area contributed by atoms with Crippen molar-refractivity contribution in [3.63, 3.8) is 0 Å². The predicted molar refractivity (Wildman–Crippen MR) is 123 cm³/mol. The molecule has 1 saturated heterocycles. The standard InChI is InChI=1S/C23H34N6O3/c1-17-18(2)29(15-20-6-5-11-32-20)23(21(17)12-24)25-22(31)16-27(4)13-19(30)14-28-9-7-26(3)8-10-28/h5-6,11,19,30H,7-10,13-16H2,1-4H3,(H,25,31)/t19-/m0/s1. The number of aliphatic hydroxyl groups excluding tert-OH is 1. The Labute approximate surface area is 189 Å². The molecule has 1 amide bonds. The fourth-order valence-electron chi connectivity index (χ4n) is 4.11. The van der Waals surface area contributed by atoms with E-state index in [-0.39, 0.29) is 12.5 Å². The number of nitrogens with zero attached hydrogens (tertiary/aromatic N) is 5. The predicted octanol–water partition coefficient (Wildman–Crippen LogP) is 1.10. The molecular weight excluding hydrogens is 408 g/mol. The van der Waals surface area contributed by atoms with E-state index in [1.807, 2.05) is 42.5 Å². The van der Waals surface area contributed by atoms with E-state index in [0.717, 1.165) is 43.2 Å². The van der Waals surface area contributed by atoms with Crippen molar-refractivity contribution in [1.82, 2.24) is 19.3 Å². The molecule has 1 atom stereocenters. The fraction of sp³-hybridized carbons (Fsp3) is 0.565. The summed E-state index contributed by atoms with van der Waals surface area (Å²) in [6, 6.07) is 5.89. The van der Waals surface area contributed by atoms with Crippen LogP contribution in [0, 0.1) is 25.2 Å². The molecule has 2 aromatic rings. The van der Waals surface area contributed by atoms with Gasteiger partial charge in [0.05, 0.1) is 31.0 Å². The summed E-state index contributed by atoms with van der Waals surface area (Å²) in [5.41, 5.74) is 2.20. The van der Waals surface area contributed by atoms with Gasteiger partial charge in [0.15, 0.2) is 0 Å². The highest BCUT2D eigenvalue weighted by atomic mass is 16.3. The summed E-state index contributed by atoms with van der Waals surface area (Å²) in [6.07, 6.45) is 1.07. The van der Waals surface area contributed by atoms with Crippen LogP contribution in [0.4, 0.5) is 5.82 Å². The maximum Gasteiger partial charge on any atom is 0.239 e. The van der Waals surface area contributed by atoms with Crippen LogP contribution in [0.1, 0.15) is 22.6 Å². The Morgan fingerprint density at radius 3 is 2.69 bits per heavy atom. The number of amides is 1. The van der Waals surface area contributed by atoms with Crippen LogP contribution in [0.25, 0.3) is 0 Å². The first-order valence-electron chi connectivity index (χ1n) is 11.0. The molecule has 1 aliphatic rings. The maximum absolute atomic E-state index is 12.8. The first-order chi connectivity index (χ1) is 15.3. The van der Waals surface area contributed by atoms with Gasteiger partial charge in [-0.3, -0.25) is 14.6 Å². The highest BCUT2D eigenvalue weighted by Gasteiger charge is 2.22. The third-order valence-corrected chi connectivity index (χ3v) is 6.09. The molecule has 174 valence electrons. The van der Waals surface area contributed by atoms with E-state index in [4.69, 9.17) is 4.42 Å². The number of piperazine rings is 1. The van der Waals surface area contributed by atoms with Gasteiger partial charge in [0.2, 0.25) is 5.91 Å². The van der Waals surface area contributed by atoms with Crippen LogP contribution in [0.2, 0.25) is 0 Å². The molecule has 3 rings (SSSR count). The van der Waals surface area contributed by atoms with Crippen LogP contribution in [-0.2, 0) is 11.3 Å². The summed E-state index contributed by atoms with van der Waals surface area (Å²) >= 11 is 0. The summed E-state index contributed by atoms with van der Waals surface area (Å²) in [4.78, 5) is 19.1. The molecule has 9 nitrogen and oxygen atoms in total. The van der Waals surface area contributed by atoms with Gasteiger partial charge in [0.25, 0.3) is 0 Å². The van der Waals surface area contributed by atoms with E-state index in [1.165, 1.54) is 0 Å². The molecule has 2 N–H and O–H groups in total. The highest BCUT2D eigenvalue weighted by Crippen LogP contribution is 2.27. The summed E-state index contributed by atoms with van der Waals surface area (Å²) < 4.78 is 7.35. The minimum atomic E-state index is -0.529. The number of aromatic nitrogens is 1. The molecule has 0 bridgehead atoms. The first-order valence-corrected chi connectivity index (χ1v) is 11.0. The van der Waals surface area contributed by atoms with Gasteiger partial charge in [-0.05, 0) is 45.6 Å². The van der Waals surface area contributed by atoms with Crippen LogP contribution in [0.3, 0.4) is 0 Å². The SMILES string of the molecule is Cc1c(C#N)c(NC(=O)CN(C)C[C@H](O)CN2CCN(C)CC2)n(Cc2ccco2)c1C. The molecule has 32 heavy (non-hydrogen) atoms. The molecule has 0 unspecified atom stereocenters. The second-order valence-corrected chi connectivity index (χ2v) is 8.71. The Bertz CT molecular complexity index is 938. The minimum absolute atomic E-state index is 0.120. The smallest absolute Gasteiger partial charge is 0.239 e. The zero-order valence-corrected chi connectivity index (χ0v) is 19.5. The van der Waals surface area contributed by atoms with Crippen molar-refractivity contribution in [2.75, 3.05) is 65.2 Å². The molecule has 0 spiro atoms. The number of hydrogen-bond donors (Lipinski definition) is 2. The van der Waals surface area contributed by atoms with E-state index >= 15 is 0 Å². The second-order valence-electron chi connectivity index (χ2n) is 8.71. The Morgan fingerprint density at radius 2 is 2.06 bits per heavy atom. The lowest BCUT2D eigenvalue weighted by Crippen LogP contribution is -2.48. The van der Waals surface area contributed by atoms with Crippen LogP contribution in [-0.4, -0.2) is 96.3 Å². The summed E-state index contributed by atoms with van der Waals surface area (Å²) in [6.45, 7) is 9.24. The van der Waals surface area contributed by atoms with Gasteiger partial charge in [0, 0.05) is 45.0 Å². The summed E-state index contributed by atoms with van der Waals surface area (Å²) in [7, 11) is 3.92. The number of aliphatic hydroxyl groups is 1. The monoisotopic (exact) mass is 442 g/mol. The Balaban J connectivity index is 1.59. The Kier molecular flexibility index (Phi) is 8.10. The number of carbonyl (C=O) groups excluding carboxylic acids is 1. The van der Waals surface area contributed by atoms with E-state index < -0.39 is 6.10 Å². The van der Waals surface area contributed by atoms with Crippen LogP contribution in [0.15, 0.2) is 22.8 Å². The maximum atomic E-state index is 12.8. The number of β-amino-alcohol motifs (C(OH)–C–C–N with tert-alkyl or cyclic N) is 1. The van der Waals surface area contributed by atoms with Gasteiger partial charge in [-0.25, -0.2) is 0 Å². The lowest BCUT2D eigenvalue weighted by atomic mass is 10.2. The van der Waals surface area contributed by atoms with Crippen molar-refractivity contribution in [1.29, 1.82) is 5.26 Å². The van der Waals surface area contributed by atoms with Crippen molar-refractivity contribution in [2.45, 2.75) is 26.5 Å². The number of nitriles is 1. The third-order valence-electron chi connectivity index (χ3n) is 6.09. The fourth-order valence-corrected chi connectivity index (χ4v) is 4.11. The van der Waals surface area contributed by atoms with E-state index in [0.29, 0.717) is 31.0 Å². The van der Waals surface area contributed by atoms with Gasteiger partial charge in [-0.15, -0.1) is 0 Å². The van der Waals surface area contributed by atoms with Gasteiger partial charge in [-0.1, -0.05) is 0 Å². The number of hydrogen-bond acceptors (Lipinski definition) is 7. The molecule has 1 fully saturated rings.